The van der Waals surface area contributed by atoms with Crippen molar-refractivity contribution in [2.45, 2.75) is 30.7 Å². The number of rotatable bonds is 3. The molecule has 1 heterocycles. The molecule has 116 valence electrons. The zero-order valence-electron chi connectivity index (χ0n) is 12.0. The Hall–Kier alpha value is -0.630. The summed E-state index contributed by atoms with van der Waals surface area (Å²) in [5.41, 5.74) is 7.03. The molecular formula is C14H20BrN3O2S. The van der Waals surface area contributed by atoms with Crippen LogP contribution in [0.1, 0.15) is 18.4 Å². The van der Waals surface area contributed by atoms with Gasteiger partial charge in [0.2, 0.25) is 10.0 Å². The monoisotopic (exact) mass is 373 g/mol. The summed E-state index contributed by atoms with van der Waals surface area (Å²) in [6, 6.07) is 4.02. The number of halogens is 1. The standard InChI is InChI=1S/C14H20BrN3O2S/c1-10-8-12(15)13(16)9-14(10)21(19,20)18-6-4-17(5-7-18)11-2-3-11/h8-9,11H,2-7,16H2,1H3. The minimum absolute atomic E-state index is 0.322. The van der Waals surface area contributed by atoms with Gasteiger partial charge in [0.05, 0.1) is 4.90 Å². The number of hydrogen-bond donors (Lipinski definition) is 1. The van der Waals surface area contributed by atoms with Crippen molar-refractivity contribution in [3.8, 4) is 0 Å². The Labute approximate surface area is 134 Å². The molecule has 1 aromatic carbocycles. The first-order valence-electron chi connectivity index (χ1n) is 7.19. The highest BCUT2D eigenvalue weighted by atomic mass is 79.9. The number of nitrogen functional groups attached to an aromatic ring is 1. The van der Waals surface area contributed by atoms with Crippen LogP contribution in [0.15, 0.2) is 21.5 Å². The summed E-state index contributed by atoms with van der Waals surface area (Å²) in [5, 5.41) is 0. The van der Waals surface area contributed by atoms with Crippen LogP contribution in [0.2, 0.25) is 0 Å². The lowest BCUT2D eigenvalue weighted by Gasteiger charge is -2.34. The molecule has 7 heteroatoms. The Morgan fingerprint density at radius 1 is 1.19 bits per heavy atom. The fourth-order valence-electron chi connectivity index (χ4n) is 2.83. The molecule has 1 aliphatic heterocycles. The van der Waals surface area contributed by atoms with Crippen LogP contribution < -0.4 is 5.73 Å². The maximum Gasteiger partial charge on any atom is 0.243 e. The Morgan fingerprint density at radius 2 is 1.81 bits per heavy atom. The lowest BCUT2D eigenvalue weighted by atomic mass is 10.2. The minimum atomic E-state index is -3.45. The molecule has 0 radical (unpaired) electrons. The van der Waals surface area contributed by atoms with Crippen LogP contribution in [0.4, 0.5) is 5.69 Å². The van der Waals surface area contributed by atoms with Crippen LogP contribution in [0.25, 0.3) is 0 Å². The molecule has 2 fully saturated rings. The first-order valence-corrected chi connectivity index (χ1v) is 9.43. The van der Waals surface area contributed by atoms with E-state index in [0.717, 1.165) is 23.1 Å². The molecule has 0 amide bonds. The summed E-state index contributed by atoms with van der Waals surface area (Å²) in [5.74, 6) is 0. The van der Waals surface area contributed by atoms with Gasteiger partial charge in [-0.2, -0.15) is 4.31 Å². The lowest BCUT2D eigenvalue weighted by Crippen LogP contribution is -2.49. The summed E-state index contributed by atoms with van der Waals surface area (Å²) in [6.07, 6.45) is 2.52. The number of benzene rings is 1. The molecule has 0 bridgehead atoms. The molecule has 0 aromatic heterocycles. The molecule has 0 spiro atoms. The van der Waals surface area contributed by atoms with Gasteiger partial charge in [0.15, 0.2) is 0 Å². The van der Waals surface area contributed by atoms with Gasteiger partial charge in [-0.3, -0.25) is 4.90 Å². The molecule has 5 nitrogen and oxygen atoms in total. The van der Waals surface area contributed by atoms with Crippen molar-refractivity contribution in [2.24, 2.45) is 0 Å². The molecule has 1 saturated heterocycles. The number of nitrogens with zero attached hydrogens (tertiary/aromatic N) is 2. The SMILES string of the molecule is Cc1cc(Br)c(N)cc1S(=O)(=O)N1CCN(C2CC2)CC1. The summed E-state index contributed by atoms with van der Waals surface area (Å²) < 4.78 is 27.9. The van der Waals surface area contributed by atoms with Gasteiger partial charge in [0.1, 0.15) is 0 Å². The third kappa shape index (κ3) is 2.97. The fourth-order valence-corrected chi connectivity index (χ4v) is 4.96. The van der Waals surface area contributed by atoms with Crippen molar-refractivity contribution in [3.63, 3.8) is 0 Å². The third-order valence-electron chi connectivity index (χ3n) is 4.25. The van der Waals surface area contributed by atoms with Gasteiger partial charge < -0.3 is 5.73 Å². The molecule has 2 aliphatic rings. The Morgan fingerprint density at radius 3 is 2.38 bits per heavy atom. The van der Waals surface area contributed by atoms with Crippen molar-refractivity contribution in [1.29, 1.82) is 0 Å². The summed E-state index contributed by atoms with van der Waals surface area (Å²) >= 11 is 3.33. The van der Waals surface area contributed by atoms with Gasteiger partial charge in [-0.05, 0) is 53.4 Å². The maximum absolute atomic E-state index is 12.8. The first kappa shape index (κ1) is 15.3. The smallest absolute Gasteiger partial charge is 0.243 e. The topological polar surface area (TPSA) is 66.6 Å². The second-order valence-electron chi connectivity index (χ2n) is 5.81. The van der Waals surface area contributed by atoms with E-state index in [-0.39, 0.29) is 0 Å². The van der Waals surface area contributed by atoms with Crippen molar-refractivity contribution in [1.82, 2.24) is 9.21 Å². The normalized spacial score (nSPS) is 21.6. The van der Waals surface area contributed by atoms with Crippen molar-refractivity contribution in [2.75, 3.05) is 31.9 Å². The largest absolute Gasteiger partial charge is 0.398 e. The van der Waals surface area contributed by atoms with Crippen LogP contribution in [0.5, 0.6) is 0 Å². The van der Waals surface area contributed by atoms with Crippen molar-refractivity contribution >= 4 is 31.6 Å². The highest BCUT2D eigenvalue weighted by molar-refractivity contribution is 9.10. The Balaban J connectivity index is 1.82. The maximum atomic E-state index is 12.8. The summed E-state index contributed by atoms with van der Waals surface area (Å²) in [6.45, 7) is 4.59. The van der Waals surface area contributed by atoms with Gasteiger partial charge in [0, 0.05) is 42.4 Å². The van der Waals surface area contributed by atoms with E-state index in [0.29, 0.717) is 29.7 Å². The van der Waals surface area contributed by atoms with Crippen molar-refractivity contribution < 1.29 is 8.42 Å². The van der Waals surface area contributed by atoms with E-state index >= 15 is 0 Å². The fraction of sp³-hybridized carbons (Fsp3) is 0.571. The van der Waals surface area contributed by atoms with Crippen LogP contribution in [-0.4, -0.2) is 49.8 Å². The average Bonchev–Trinajstić information content (AvgIpc) is 3.27. The predicted octanol–water partition coefficient (Wildman–Crippen LogP) is 1.81. The lowest BCUT2D eigenvalue weighted by molar-refractivity contribution is 0.180. The van der Waals surface area contributed by atoms with E-state index in [4.69, 9.17) is 5.73 Å². The predicted molar refractivity (Wildman–Crippen MR) is 86.6 cm³/mol. The molecule has 0 atom stereocenters. The number of sulfonamides is 1. The van der Waals surface area contributed by atoms with E-state index in [9.17, 15) is 8.42 Å². The van der Waals surface area contributed by atoms with Crippen molar-refractivity contribution in [3.05, 3.63) is 22.2 Å². The number of nitrogens with two attached hydrogens (primary N) is 1. The minimum Gasteiger partial charge on any atom is -0.398 e. The molecular weight excluding hydrogens is 354 g/mol. The van der Waals surface area contributed by atoms with E-state index in [1.165, 1.54) is 12.8 Å². The average molecular weight is 374 g/mol. The van der Waals surface area contributed by atoms with Crippen LogP contribution in [0, 0.1) is 6.92 Å². The number of aryl methyl sites for hydroxylation is 1. The highest BCUT2D eigenvalue weighted by Crippen LogP contribution is 2.31. The number of anilines is 1. The molecule has 0 unspecified atom stereocenters. The number of piperazine rings is 1. The summed E-state index contributed by atoms with van der Waals surface area (Å²) in [7, 11) is -3.45. The van der Waals surface area contributed by atoms with Crippen LogP contribution in [0.3, 0.4) is 0 Å². The van der Waals surface area contributed by atoms with E-state index in [1.54, 1.807) is 23.4 Å². The zero-order chi connectivity index (χ0) is 15.2. The third-order valence-corrected chi connectivity index (χ3v) is 6.98. The molecule has 1 aromatic rings. The molecule has 3 rings (SSSR count). The van der Waals surface area contributed by atoms with E-state index < -0.39 is 10.0 Å². The molecule has 1 saturated carbocycles. The second-order valence-corrected chi connectivity index (χ2v) is 8.57. The quantitative estimate of drug-likeness (QED) is 0.820. The first-order chi connectivity index (χ1) is 9.89. The molecule has 1 aliphatic carbocycles. The Kier molecular flexibility index (Phi) is 4.02. The second kappa shape index (κ2) is 5.53. The van der Waals surface area contributed by atoms with Crippen LogP contribution >= 0.6 is 15.9 Å². The van der Waals surface area contributed by atoms with E-state index in [1.807, 2.05) is 0 Å². The Bertz CT molecular complexity index is 650. The highest BCUT2D eigenvalue weighted by Gasteiger charge is 2.35. The van der Waals surface area contributed by atoms with E-state index in [2.05, 4.69) is 20.8 Å². The van der Waals surface area contributed by atoms with Gasteiger partial charge in [0.25, 0.3) is 0 Å². The molecule has 2 N–H and O–H groups in total. The van der Waals surface area contributed by atoms with Gasteiger partial charge >= 0.3 is 0 Å². The van der Waals surface area contributed by atoms with Gasteiger partial charge in [-0.25, -0.2) is 8.42 Å². The van der Waals surface area contributed by atoms with Gasteiger partial charge in [-0.1, -0.05) is 0 Å². The number of hydrogen-bond acceptors (Lipinski definition) is 4. The zero-order valence-corrected chi connectivity index (χ0v) is 14.5. The van der Waals surface area contributed by atoms with Gasteiger partial charge in [-0.15, -0.1) is 0 Å². The van der Waals surface area contributed by atoms with Crippen LogP contribution in [-0.2, 0) is 10.0 Å². The molecule has 21 heavy (non-hydrogen) atoms. The summed E-state index contributed by atoms with van der Waals surface area (Å²) in [4.78, 5) is 2.72.